The molecule has 1 fully saturated rings. The first-order valence-corrected chi connectivity index (χ1v) is 10.5. The Bertz CT molecular complexity index is 836. The van der Waals surface area contributed by atoms with Gasteiger partial charge in [-0.1, -0.05) is 19.1 Å². The Hall–Kier alpha value is -2.01. The molecule has 0 unspecified atom stereocenters. The summed E-state index contributed by atoms with van der Waals surface area (Å²) in [5.41, 5.74) is 5.09. The van der Waals surface area contributed by atoms with Crippen LogP contribution in [0.1, 0.15) is 18.1 Å². The summed E-state index contributed by atoms with van der Waals surface area (Å²) in [6.45, 7) is 9.83. The van der Waals surface area contributed by atoms with Gasteiger partial charge >= 0.3 is 0 Å². The maximum atomic E-state index is 11.9. The molecule has 0 saturated carbocycles. The second kappa shape index (κ2) is 7.08. The fourth-order valence-electron chi connectivity index (χ4n) is 3.31. The molecule has 0 aliphatic carbocycles. The van der Waals surface area contributed by atoms with Crippen LogP contribution in [0.3, 0.4) is 0 Å². The van der Waals surface area contributed by atoms with E-state index in [1.165, 1.54) is 16.8 Å². The Morgan fingerprint density at radius 3 is 2.08 bits per heavy atom. The van der Waals surface area contributed by atoms with E-state index in [-0.39, 0.29) is 5.75 Å². The second-order valence-corrected chi connectivity index (χ2v) is 8.87. The zero-order chi connectivity index (χ0) is 18.0. The summed E-state index contributed by atoms with van der Waals surface area (Å²) in [6.07, 6.45) is 0. The van der Waals surface area contributed by atoms with E-state index in [1.807, 2.05) is 12.1 Å². The van der Waals surface area contributed by atoms with E-state index in [2.05, 4.69) is 41.8 Å². The SMILES string of the molecule is CCS(=O)(=O)c1ccc(N2CCN(c3cccc(C)c3C)CC2)cc1. The molecule has 5 heteroatoms. The zero-order valence-corrected chi connectivity index (χ0v) is 16.0. The fourth-order valence-corrected chi connectivity index (χ4v) is 4.20. The van der Waals surface area contributed by atoms with Crippen LogP contribution in [0.4, 0.5) is 11.4 Å². The molecule has 0 aromatic heterocycles. The summed E-state index contributed by atoms with van der Waals surface area (Å²) >= 11 is 0. The van der Waals surface area contributed by atoms with Crippen molar-refractivity contribution in [1.82, 2.24) is 0 Å². The Labute approximate surface area is 151 Å². The molecule has 0 amide bonds. The highest BCUT2D eigenvalue weighted by molar-refractivity contribution is 7.91. The molecule has 3 rings (SSSR count). The van der Waals surface area contributed by atoms with E-state index in [0.717, 1.165) is 31.9 Å². The molecule has 0 N–H and O–H groups in total. The quantitative estimate of drug-likeness (QED) is 0.840. The molecule has 2 aromatic carbocycles. The average Bonchev–Trinajstić information content (AvgIpc) is 2.64. The maximum absolute atomic E-state index is 11.9. The highest BCUT2D eigenvalue weighted by Crippen LogP contribution is 2.26. The lowest BCUT2D eigenvalue weighted by atomic mass is 10.1. The molecule has 0 bridgehead atoms. The van der Waals surface area contributed by atoms with E-state index < -0.39 is 9.84 Å². The van der Waals surface area contributed by atoms with E-state index in [0.29, 0.717) is 4.90 Å². The lowest BCUT2D eigenvalue weighted by molar-refractivity contribution is 0.597. The third-order valence-corrected chi connectivity index (χ3v) is 6.89. The summed E-state index contributed by atoms with van der Waals surface area (Å²) in [4.78, 5) is 5.17. The lowest BCUT2D eigenvalue weighted by Gasteiger charge is -2.38. The van der Waals surface area contributed by atoms with Crippen molar-refractivity contribution in [2.24, 2.45) is 0 Å². The van der Waals surface area contributed by atoms with Gasteiger partial charge in [0.05, 0.1) is 10.6 Å². The van der Waals surface area contributed by atoms with Crippen LogP contribution >= 0.6 is 0 Å². The minimum atomic E-state index is -3.13. The molecule has 0 spiro atoms. The third-order valence-electron chi connectivity index (χ3n) is 5.14. The van der Waals surface area contributed by atoms with Gasteiger partial charge in [0, 0.05) is 37.6 Å². The van der Waals surface area contributed by atoms with E-state index in [4.69, 9.17) is 0 Å². The molecule has 1 aliphatic heterocycles. The lowest BCUT2D eigenvalue weighted by Crippen LogP contribution is -2.46. The summed E-state index contributed by atoms with van der Waals surface area (Å²) in [6, 6.07) is 13.8. The monoisotopic (exact) mass is 358 g/mol. The molecule has 4 nitrogen and oxygen atoms in total. The molecule has 0 radical (unpaired) electrons. The first-order valence-electron chi connectivity index (χ1n) is 8.81. The first kappa shape index (κ1) is 17.8. The number of nitrogens with zero attached hydrogens (tertiary/aromatic N) is 2. The van der Waals surface area contributed by atoms with Crippen LogP contribution in [0.2, 0.25) is 0 Å². The van der Waals surface area contributed by atoms with E-state index in [1.54, 1.807) is 19.1 Å². The van der Waals surface area contributed by atoms with Crippen molar-refractivity contribution in [1.29, 1.82) is 0 Å². The second-order valence-electron chi connectivity index (χ2n) is 6.59. The zero-order valence-electron chi connectivity index (χ0n) is 15.2. The fraction of sp³-hybridized carbons (Fsp3) is 0.400. The smallest absolute Gasteiger partial charge is 0.178 e. The van der Waals surface area contributed by atoms with E-state index in [9.17, 15) is 8.42 Å². The number of anilines is 2. The summed E-state index contributed by atoms with van der Waals surface area (Å²) < 4.78 is 23.9. The number of rotatable bonds is 4. The minimum Gasteiger partial charge on any atom is -0.368 e. The number of benzene rings is 2. The molecule has 1 heterocycles. The van der Waals surface area contributed by atoms with Crippen molar-refractivity contribution < 1.29 is 8.42 Å². The minimum absolute atomic E-state index is 0.140. The topological polar surface area (TPSA) is 40.6 Å². The molecule has 134 valence electrons. The van der Waals surface area contributed by atoms with Gasteiger partial charge in [0.15, 0.2) is 9.84 Å². The predicted octanol–water partition coefficient (Wildman–Crippen LogP) is 3.42. The highest BCUT2D eigenvalue weighted by atomic mass is 32.2. The van der Waals surface area contributed by atoms with Crippen LogP contribution in [0.15, 0.2) is 47.4 Å². The van der Waals surface area contributed by atoms with Crippen LogP contribution in [-0.4, -0.2) is 40.3 Å². The van der Waals surface area contributed by atoms with Gasteiger partial charge in [0.25, 0.3) is 0 Å². The van der Waals surface area contributed by atoms with Crippen molar-refractivity contribution in [3.05, 3.63) is 53.6 Å². The summed E-state index contributed by atoms with van der Waals surface area (Å²) in [5, 5.41) is 0. The number of piperazine rings is 1. The van der Waals surface area contributed by atoms with Gasteiger partial charge < -0.3 is 9.80 Å². The molecular formula is C20H26N2O2S. The van der Waals surface area contributed by atoms with Gasteiger partial charge in [0.2, 0.25) is 0 Å². The Balaban J connectivity index is 1.69. The van der Waals surface area contributed by atoms with Gasteiger partial charge in [-0.3, -0.25) is 0 Å². The van der Waals surface area contributed by atoms with Crippen LogP contribution in [0.5, 0.6) is 0 Å². The van der Waals surface area contributed by atoms with Crippen LogP contribution < -0.4 is 9.80 Å². The van der Waals surface area contributed by atoms with Crippen molar-refractivity contribution >= 4 is 21.2 Å². The highest BCUT2D eigenvalue weighted by Gasteiger charge is 2.19. The summed E-state index contributed by atoms with van der Waals surface area (Å²) in [7, 11) is -3.13. The molecule has 1 aliphatic rings. The first-order chi connectivity index (χ1) is 11.9. The van der Waals surface area contributed by atoms with Crippen molar-refractivity contribution in [2.75, 3.05) is 41.7 Å². The average molecular weight is 359 g/mol. The predicted molar refractivity (Wildman–Crippen MR) is 105 cm³/mol. The van der Waals surface area contributed by atoms with Crippen LogP contribution in [0, 0.1) is 13.8 Å². The number of aryl methyl sites for hydroxylation is 1. The van der Waals surface area contributed by atoms with Crippen LogP contribution in [-0.2, 0) is 9.84 Å². The van der Waals surface area contributed by atoms with Crippen molar-refractivity contribution in [3.63, 3.8) is 0 Å². The van der Waals surface area contributed by atoms with E-state index >= 15 is 0 Å². The molecule has 2 aromatic rings. The molecule has 25 heavy (non-hydrogen) atoms. The van der Waals surface area contributed by atoms with Crippen LogP contribution in [0.25, 0.3) is 0 Å². The van der Waals surface area contributed by atoms with Crippen molar-refractivity contribution in [3.8, 4) is 0 Å². The number of hydrogen-bond acceptors (Lipinski definition) is 4. The van der Waals surface area contributed by atoms with Gasteiger partial charge in [-0.15, -0.1) is 0 Å². The Kier molecular flexibility index (Phi) is 5.04. The maximum Gasteiger partial charge on any atom is 0.178 e. The molecular weight excluding hydrogens is 332 g/mol. The Morgan fingerprint density at radius 1 is 0.880 bits per heavy atom. The van der Waals surface area contributed by atoms with Gasteiger partial charge in [-0.05, 0) is 55.3 Å². The largest absolute Gasteiger partial charge is 0.368 e. The van der Waals surface area contributed by atoms with Gasteiger partial charge in [0.1, 0.15) is 0 Å². The molecule has 0 atom stereocenters. The van der Waals surface area contributed by atoms with Gasteiger partial charge in [-0.2, -0.15) is 0 Å². The molecule has 1 saturated heterocycles. The summed E-state index contributed by atoms with van der Waals surface area (Å²) in [5.74, 6) is 0.140. The van der Waals surface area contributed by atoms with Crippen molar-refractivity contribution in [2.45, 2.75) is 25.7 Å². The normalized spacial score (nSPS) is 15.5. The number of sulfone groups is 1. The van der Waals surface area contributed by atoms with Gasteiger partial charge in [-0.25, -0.2) is 8.42 Å². The third kappa shape index (κ3) is 3.66. The standard InChI is InChI=1S/C20H26N2O2S/c1-4-25(23,24)19-10-8-18(9-11-19)21-12-14-22(15-13-21)20-7-5-6-16(2)17(20)3/h5-11H,4,12-15H2,1-3H3. The number of hydrogen-bond donors (Lipinski definition) is 0. The Morgan fingerprint density at radius 2 is 1.48 bits per heavy atom.